The summed E-state index contributed by atoms with van der Waals surface area (Å²) >= 11 is 0. The fraction of sp³-hybridized carbons (Fsp3) is 0.273. The molecule has 0 saturated heterocycles. The van der Waals surface area contributed by atoms with E-state index in [0.29, 0.717) is 0 Å². The van der Waals surface area contributed by atoms with Crippen molar-refractivity contribution < 1.29 is 0 Å². The molecule has 0 unspecified atom stereocenters. The summed E-state index contributed by atoms with van der Waals surface area (Å²) in [7, 11) is 0. The van der Waals surface area contributed by atoms with Crippen LogP contribution in [0.3, 0.4) is 0 Å². The molecule has 0 aromatic heterocycles. The molecule has 12 heavy (non-hydrogen) atoms. The third-order valence-electron chi connectivity index (χ3n) is 1.65. The maximum atomic E-state index is 3.93. The van der Waals surface area contributed by atoms with Crippen LogP contribution in [0.5, 0.6) is 0 Å². The first-order valence-electron chi connectivity index (χ1n) is 4.32. The molecule has 0 heterocycles. The van der Waals surface area contributed by atoms with E-state index in [1.165, 1.54) is 0 Å². The lowest BCUT2D eigenvalue weighted by molar-refractivity contribution is 0.913. The molecule has 1 rings (SSSR count). The Kier molecular flexibility index (Phi) is 3.39. The molecule has 0 spiro atoms. The van der Waals surface area contributed by atoms with Gasteiger partial charge in [-0.25, -0.2) is 0 Å². The monoisotopic (exact) mass is 161 g/mol. The Hall–Kier alpha value is -1.24. The van der Waals surface area contributed by atoms with E-state index in [2.05, 4.69) is 18.8 Å². The Labute approximate surface area is 74.1 Å². The molecule has 0 fully saturated rings. The molecule has 1 nitrogen and oxygen atoms in total. The van der Waals surface area contributed by atoms with Gasteiger partial charge in [0.25, 0.3) is 0 Å². The van der Waals surface area contributed by atoms with E-state index in [1.54, 1.807) is 0 Å². The average Bonchev–Trinajstić information content (AvgIpc) is 2.06. The van der Waals surface area contributed by atoms with Gasteiger partial charge in [-0.15, -0.1) is 0 Å². The first kappa shape index (κ1) is 8.85. The van der Waals surface area contributed by atoms with Crippen LogP contribution in [0.2, 0.25) is 0 Å². The van der Waals surface area contributed by atoms with Gasteiger partial charge in [-0.05, 0) is 18.6 Å². The Balaban J connectivity index is 2.47. The normalized spacial score (nSPS) is 9.42. The predicted molar refractivity (Wildman–Crippen MR) is 54.1 cm³/mol. The topological polar surface area (TPSA) is 12.0 Å². The zero-order valence-corrected chi connectivity index (χ0v) is 7.51. The summed E-state index contributed by atoms with van der Waals surface area (Å²) in [5.74, 6) is 0. The van der Waals surface area contributed by atoms with Gasteiger partial charge in [0, 0.05) is 11.4 Å². The van der Waals surface area contributed by atoms with Crippen molar-refractivity contribution in [2.75, 3.05) is 5.32 Å². The Morgan fingerprint density at radius 3 is 2.58 bits per heavy atom. The summed E-state index contributed by atoms with van der Waals surface area (Å²) in [5, 5.41) is 3.25. The molecule has 64 valence electrons. The number of rotatable bonds is 4. The van der Waals surface area contributed by atoms with Gasteiger partial charge in [-0.2, -0.15) is 0 Å². The zero-order chi connectivity index (χ0) is 8.81. The van der Waals surface area contributed by atoms with Gasteiger partial charge in [0.15, 0.2) is 0 Å². The SMILES string of the molecule is C=C(CCC)Nc1ccccc1. The summed E-state index contributed by atoms with van der Waals surface area (Å²) in [6.45, 7) is 6.08. The molecule has 1 aromatic carbocycles. The molecular weight excluding hydrogens is 146 g/mol. The molecule has 0 aliphatic rings. The minimum atomic E-state index is 1.04. The van der Waals surface area contributed by atoms with Crippen molar-refractivity contribution in [1.29, 1.82) is 0 Å². The van der Waals surface area contributed by atoms with Crippen molar-refractivity contribution in [3.8, 4) is 0 Å². The summed E-state index contributed by atoms with van der Waals surface area (Å²) in [6.07, 6.45) is 2.17. The summed E-state index contributed by atoms with van der Waals surface area (Å²) in [5.41, 5.74) is 2.21. The van der Waals surface area contributed by atoms with Gasteiger partial charge < -0.3 is 5.32 Å². The first-order valence-corrected chi connectivity index (χ1v) is 4.32. The van der Waals surface area contributed by atoms with E-state index in [4.69, 9.17) is 0 Å². The minimum absolute atomic E-state index is 1.04. The maximum absolute atomic E-state index is 3.93. The fourth-order valence-electron chi connectivity index (χ4n) is 1.09. The van der Waals surface area contributed by atoms with Gasteiger partial charge in [0.1, 0.15) is 0 Å². The number of para-hydroxylation sites is 1. The number of hydrogen-bond donors (Lipinski definition) is 1. The van der Waals surface area contributed by atoms with Gasteiger partial charge in [-0.1, -0.05) is 38.1 Å². The Bertz CT molecular complexity index is 238. The van der Waals surface area contributed by atoms with E-state index < -0.39 is 0 Å². The smallest absolute Gasteiger partial charge is 0.0381 e. The quantitative estimate of drug-likeness (QED) is 0.713. The Morgan fingerprint density at radius 2 is 2.00 bits per heavy atom. The lowest BCUT2D eigenvalue weighted by atomic mass is 10.2. The van der Waals surface area contributed by atoms with Gasteiger partial charge in [-0.3, -0.25) is 0 Å². The third kappa shape index (κ3) is 2.79. The van der Waals surface area contributed by atoms with Crippen LogP contribution in [0.4, 0.5) is 5.69 Å². The summed E-state index contributed by atoms with van der Waals surface area (Å²) < 4.78 is 0. The van der Waals surface area contributed by atoms with Crippen LogP contribution in [0.15, 0.2) is 42.6 Å². The van der Waals surface area contributed by atoms with Crippen LogP contribution in [0.25, 0.3) is 0 Å². The largest absolute Gasteiger partial charge is 0.359 e. The van der Waals surface area contributed by atoms with Crippen molar-refractivity contribution in [2.24, 2.45) is 0 Å². The summed E-state index contributed by atoms with van der Waals surface area (Å²) in [6, 6.07) is 10.1. The number of anilines is 1. The zero-order valence-electron chi connectivity index (χ0n) is 7.51. The summed E-state index contributed by atoms with van der Waals surface area (Å²) in [4.78, 5) is 0. The average molecular weight is 161 g/mol. The second-order valence-electron chi connectivity index (χ2n) is 2.84. The Morgan fingerprint density at radius 1 is 1.33 bits per heavy atom. The highest BCUT2D eigenvalue weighted by Gasteiger charge is 1.91. The number of allylic oxidation sites excluding steroid dienone is 1. The third-order valence-corrected chi connectivity index (χ3v) is 1.65. The van der Waals surface area contributed by atoms with Gasteiger partial charge in [0.2, 0.25) is 0 Å². The van der Waals surface area contributed by atoms with Crippen molar-refractivity contribution in [2.45, 2.75) is 19.8 Å². The number of nitrogens with one attached hydrogen (secondary N) is 1. The number of benzene rings is 1. The molecule has 0 saturated carbocycles. The van der Waals surface area contributed by atoms with Crippen molar-refractivity contribution in [1.82, 2.24) is 0 Å². The second kappa shape index (κ2) is 4.60. The van der Waals surface area contributed by atoms with Crippen LogP contribution in [0, 0.1) is 0 Å². The molecule has 0 amide bonds. The van der Waals surface area contributed by atoms with E-state index in [0.717, 1.165) is 24.2 Å². The molecule has 0 radical (unpaired) electrons. The van der Waals surface area contributed by atoms with Crippen LogP contribution in [-0.2, 0) is 0 Å². The van der Waals surface area contributed by atoms with Crippen molar-refractivity contribution in [3.63, 3.8) is 0 Å². The minimum Gasteiger partial charge on any atom is -0.359 e. The van der Waals surface area contributed by atoms with Crippen LogP contribution in [-0.4, -0.2) is 0 Å². The standard InChI is InChI=1S/C11H15N/c1-3-7-10(2)12-11-8-5-4-6-9-11/h4-6,8-9,12H,2-3,7H2,1H3. The van der Waals surface area contributed by atoms with Gasteiger partial charge in [0.05, 0.1) is 0 Å². The van der Waals surface area contributed by atoms with Gasteiger partial charge >= 0.3 is 0 Å². The van der Waals surface area contributed by atoms with Crippen LogP contribution in [0.1, 0.15) is 19.8 Å². The lowest BCUT2D eigenvalue weighted by Gasteiger charge is -2.07. The highest BCUT2D eigenvalue weighted by atomic mass is 14.9. The van der Waals surface area contributed by atoms with E-state index in [9.17, 15) is 0 Å². The van der Waals surface area contributed by atoms with Crippen LogP contribution < -0.4 is 5.32 Å². The fourth-order valence-corrected chi connectivity index (χ4v) is 1.09. The molecule has 0 atom stereocenters. The number of hydrogen-bond acceptors (Lipinski definition) is 1. The second-order valence-corrected chi connectivity index (χ2v) is 2.84. The molecular formula is C11H15N. The molecule has 0 aliphatic heterocycles. The maximum Gasteiger partial charge on any atom is 0.0381 e. The molecule has 1 N–H and O–H groups in total. The highest BCUT2D eigenvalue weighted by molar-refractivity contribution is 5.47. The van der Waals surface area contributed by atoms with Crippen LogP contribution >= 0.6 is 0 Å². The molecule has 0 aliphatic carbocycles. The van der Waals surface area contributed by atoms with Crippen molar-refractivity contribution in [3.05, 3.63) is 42.6 Å². The molecule has 0 bridgehead atoms. The lowest BCUT2D eigenvalue weighted by Crippen LogP contribution is -1.96. The molecule has 1 heteroatoms. The van der Waals surface area contributed by atoms with E-state index >= 15 is 0 Å². The molecule has 1 aromatic rings. The first-order chi connectivity index (χ1) is 5.83. The van der Waals surface area contributed by atoms with E-state index in [1.807, 2.05) is 30.3 Å². The highest BCUT2D eigenvalue weighted by Crippen LogP contribution is 2.10. The predicted octanol–water partition coefficient (Wildman–Crippen LogP) is 3.41. The van der Waals surface area contributed by atoms with E-state index in [-0.39, 0.29) is 0 Å². The van der Waals surface area contributed by atoms with Crippen molar-refractivity contribution >= 4 is 5.69 Å².